The molecule has 1 saturated heterocycles. The van der Waals surface area contributed by atoms with Crippen LogP contribution < -0.4 is 5.73 Å². The first-order valence-electron chi connectivity index (χ1n) is 5.21. The lowest BCUT2D eigenvalue weighted by atomic mass is 10.00. The van der Waals surface area contributed by atoms with Crippen molar-refractivity contribution >= 4 is 17.2 Å². The van der Waals surface area contributed by atoms with Crippen molar-refractivity contribution in [2.45, 2.75) is 39.2 Å². The van der Waals surface area contributed by atoms with Gasteiger partial charge in [-0.2, -0.15) is 0 Å². The second kappa shape index (κ2) is 4.91. The van der Waals surface area contributed by atoms with Gasteiger partial charge in [0, 0.05) is 13.1 Å². The second-order valence-corrected chi connectivity index (χ2v) is 4.36. The molecule has 2 N–H and O–H groups in total. The lowest BCUT2D eigenvalue weighted by molar-refractivity contribution is 0.453. The molecule has 1 fully saturated rings. The monoisotopic (exact) mass is 200 g/mol. The maximum atomic E-state index is 6.07. The largest absolute Gasteiger partial charge is 0.365 e. The quantitative estimate of drug-likeness (QED) is 0.704. The van der Waals surface area contributed by atoms with Gasteiger partial charge in [0.25, 0.3) is 0 Å². The SMILES string of the molecule is CC[C@H](C)[C@H](N)C(=S)N1CCCC1. The Hall–Kier alpha value is -0.150. The molecule has 0 aromatic rings. The fraction of sp³-hybridized carbons (Fsp3) is 0.900. The number of nitrogens with two attached hydrogens (primary N) is 1. The summed E-state index contributed by atoms with van der Waals surface area (Å²) in [6.45, 7) is 6.57. The number of nitrogens with zero attached hydrogens (tertiary/aromatic N) is 1. The van der Waals surface area contributed by atoms with Gasteiger partial charge in [0.05, 0.1) is 11.0 Å². The summed E-state index contributed by atoms with van der Waals surface area (Å²) in [6, 6.07) is 0.0816. The van der Waals surface area contributed by atoms with E-state index in [1.807, 2.05) is 0 Å². The summed E-state index contributed by atoms with van der Waals surface area (Å²) in [4.78, 5) is 3.25. The molecule has 2 atom stereocenters. The van der Waals surface area contributed by atoms with E-state index in [1.165, 1.54) is 12.8 Å². The summed E-state index contributed by atoms with van der Waals surface area (Å²) in [5, 5.41) is 0. The maximum absolute atomic E-state index is 6.07. The molecular weight excluding hydrogens is 180 g/mol. The number of hydrogen-bond donors (Lipinski definition) is 1. The van der Waals surface area contributed by atoms with Crippen LogP contribution in [0.5, 0.6) is 0 Å². The molecule has 1 rings (SSSR count). The van der Waals surface area contributed by atoms with Gasteiger partial charge in [-0.15, -0.1) is 0 Å². The van der Waals surface area contributed by atoms with Gasteiger partial charge in [-0.1, -0.05) is 32.5 Å². The average molecular weight is 200 g/mol. The van der Waals surface area contributed by atoms with Gasteiger partial charge in [-0.05, 0) is 18.8 Å². The third-order valence-electron chi connectivity index (χ3n) is 2.96. The molecular formula is C10H20N2S. The number of thiocarbonyl (C=S) groups is 1. The van der Waals surface area contributed by atoms with Crippen molar-refractivity contribution in [1.29, 1.82) is 0 Å². The third-order valence-corrected chi connectivity index (χ3v) is 3.49. The molecule has 2 nitrogen and oxygen atoms in total. The Labute approximate surface area is 86.5 Å². The van der Waals surface area contributed by atoms with E-state index in [2.05, 4.69) is 18.7 Å². The fourth-order valence-corrected chi connectivity index (χ4v) is 2.06. The molecule has 13 heavy (non-hydrogen) atoms. The first-order valence-corrected chi connectivity index (χ1v) is 5.62. The molecule has 1 heterocycles. The summed E-state index contributed by atoms with van der Waals surface area (Å²) < 4.78 is 0. The first kappa shape index (κ1) is 10.9. The Bertz CT molecular complexity index is 176. The highest BCUT2D eigenvalue weighted by molar-refractivity contribution is 7.80. The lowest BCUT2D eigenvalue weighted by Gasteiger charge is -2.26. The van der Waals surface area contributed by atoms with Gasteiger partial charge in [0.1, 0.15) is 0 Å². The summed E-state index contributed by atoms with van der Waals surface area (Å²) >= 11 is 5.38. The van der Waals surface area contributed by atoms with Gasteiger partial charge in [-0.3, -0.25) is 0 Å². The van der Waals surface area contributed by atoms with Crippen molar-refractivity contribution in [3.8, 4) is 0 Å². The number of hydrogen-bond acceptors (Lipinski definition) is 2. The van der Waals surface area contributed by atoms with Crippen molar-refractivity contribution in [1.82, 2.24) is 4.90 Å². The highest BCUT2D eigenvalue weighted by Crippen LogP contribution is 2.14. The minimum atomic E-state index is 0.0816. The molecule has 0 saturated carbocycles. The van der Waals surface area contributed by atoms with Gasteiger partial charge in [0.2, 0.25) is 0 Å². The van der Waals surface area contributed by atoms with E-state index in [1.54, 1.807) is 0 Å². The molecule has 1 aliphatic heterocycles. The molecule has 0 unspecified atom stereocenters. The van der Waals surface area contributed by atoms with Crippen LogP contribution in [0.3, 0.4) is 0 Å². The molecule has 1 aliphatic rings. The molecule has 0 aromatic heterocycles. The number of rotatable bonds is 3. The summed E-state index contributed by atoms with van der Waals surface area (Å²) in [7, 11) is 0. The van der Waals surface area contributed by atoms with Crippen LogP contribution >= 0.6 is 12.2 Å². The van der Waals surface area contributed by atoms with Crippen molar-refractivity contribution < 1.29 is 0 Å². The molecule has 0 spiro atoms. The van der Waals surface area contributed by atoms with Crippen molar-refractivity contribution in [2.24, 2.45) is 11.7 Å². The van der Waals surface area contributed by atoms with Crippen LogP contribution in [0.25, 0.3) is 0 Å². The van der Waals surface area contributed by atoms with Crippen LogP contribution in [0.15, 0.2) is 0 Å². The minimum absolute atomic E-state index is 0.0816. The topological polar surface area (TPSA) is 29.3 Å². The highest BCUT2D eigenvalue weighted by atomic mass is 32.1. The zero-order chi connectivity index (χ0) is 9.84. The minimum Gasteiger partial charge on any atom is -0.365 e. The normalized spacial score (nSPS) is 21.6. The zero-order valence-corrected chi connectivity index (χ0v) is 9.44. The summed E-state index contributed by atoms with van der Waals surface area (Å²) in [5.74, 6) is 0.507. The van der Waals surface area contributed by atoms with Crippen LogP contribution in [-0.4, -0.2) is 29.0 Å². The van der Waals surface area contributed by atoms with E-state index in [0.717, 1.165) is 24.5 Å². The van der Waals surface area contributed by atoms with E-state index < -0.39 is 0 Å². The van der Waals surface area contributed by atoms with Crippen molar-refractivity contribution in [3.05, 3.63) is 0 Å². The standard InChI is InChI=1S/C10H20N2S/c1-3-8(2)9(11)10(13)12-6-4-5-7-12/h8-9H,3-7,11H2,1-2H3/t8-,9-/m0/s1. The Kier molecular flexibility index (Phi) is 4.13. The first-order chi connectivity index (χ1) is 6.16. The van der Waals surface area contributed by atoms with E-state index in [-0.39, 0.29) is 6.04 Å². The molecule has 0 aliphatic carbocycles. The third kappa shape index (κ3) is 2.64. The van der Waals surface area contributed by atoms with E-state index in [4.69, 9.17) is 18.0 Å². The van der Waals surface area contributed by atoms with E-state index in [9.17, 15) is 0 Å². The molecule has 0 amide bonds. The van der Waals surface area contributed by atoms with Crippen molar-refractivity contribution in [2.75, 3.05) is 13.1 Å². The Morgan fingerprint density at radius 2 is 2.00 bits per heavy atom. The highest BCUT2D eigenvalue weighted by Gasteiger charge is 2.22. The fourth-order valence-electron chi connectivity index (χ4n) is 1.65. The molecule has 3 heteroatoms. The predicted octanol–water partition coefficient (Wildman–Crippen LogP) is 1.78. The molecule has 0 radical (unpaired) electrons. The second-order valence-electron chi connectivity index (χ2n) is 3.94. The lowest BCUT2D eigenvalue weighted by Crippen LogP contribution is -2.44. The van der Waals surface area contributed by atoms with E-state index >= 15 is 0 Å². The summed E-state index contributed by atoms with van der Waals surface area (Å²) in [5.41, 5.74) is 6.07. The molecule has 76 valence electrons. The van der Waals surface area contributed by atoms with Gasteiger partial charge in [0.15, 0.2) is 0 Å². The van der Waals surface area contributed by atoms with Gasteiger partial charge in [-0.25, -0.2) is 0 Å². The zero-order valence-electron chi connectivity index (χ0n) is 8.62. The molecule has 0 aromatic carbocycles. The van der Waals surface area contributed by atoms with Gasteiger partial charge < -0.3 is 10.6 Å². The Balaban J connectivity index is 2.45. The van der Waals surface area contributed by atoms with Crippen molar-refractivity contribution in [3.63, 3.8) is 0 Å². The van der Waals surface area contributed by atoms with E-state index in [0.29, 0.717) is 5.92 Å². The van der Waals surface area contributed by atoms with Crippen LogP contribution in [0.4, 0.5) is 0 Å². The summed E-state index contributed by atoms with van der Waals surface area (Å²) in [6.07, 6.45) is 3.65. The Morgan fingerprint density at radius 3 is 2.46 bits per heavy atom. The van der Waals surface area contributed by atoms with Crippen LogP contribution in [0, 0.1) is 5.92 Å². The average Bonchev–Trinajstić information content (AvgIpc) is 2.67. The van der Waals surface area contributed by atoms with Gasteiger partial charge >= 0.3 is 0 Å². The van der Waals surface area contributed by atoms with Crippen LogP contribution in [0.1, 0.15) is 33.1 Å². The Morgan fingerprint density at radius 1 is 1.46 bits per heavy atom. The van der Waals surface area contributed by atoms with Crippen LogP contribution in [0.2, 0.25) is 0 Å². The smallest absolute Gasteiger partial charge is 0.0952 e. The maximum Gasteiger partial charge on any atom is 0.0952 e. The number of likely N-dealkylation sites (tertiary alicyclic amines) is 1. The molecule has 0 bridgehead atoms. The van der Waals surface area contributed by atoms with Crippen LogP contribution in [-0.2, 0) is 0 Å². The predicted molar refractivity (Wildman–Crippen MR) is 60.8 cm³/mol.